The van der Waals surface area contributed by atoms with Gasteiger partial charge in [-0.2, -0.15) is 13.8 Å². The summed E-state index contributed by atoms with van der Waals surface area (Å²) in [6.45, 7) is 23.2. The predicted molar refractivity (Wildman–Crippen MR) is 150 cm³/mol. The Kier molecular flexibility index (Phi) is 5.93. The zero-order chi connectivity index (χ0) is 30.0. The molecule has 1 N–H and O–H groups in total. The third-order valence-corrected chi connectivity index (χ3v) is 13.2. The van der Waals surface area contributed by atoms with Crippen LogP contribution in [0.5, 0.6) is 0 Å². The van der Waals surface area contributed by atoms with E-state index in [1.807, 2.05) is 19.9 Å². The lowest BCUT2D eigenvalue weighted by atomic mass is 9.34. The van der Waals surface area contributed by atoms with Crippen molar-refractivity contribution in [2.45, 2.75) is 112 Å². The molecular formula is C33H43F2N3O3. The first-order chi connectivity index (χ1) is 19.0. The van der Waals surface area contributed by atoms with Crippen LogP contribution in [-0.2, 0) is 10.2 Å². The number of ketones is 1. The van der Waals surface area contributed by atoms with Gasteiger partial charge in [-0.15, -0.1) is 0 Å². The monoisotopic (exact) mass is 567 g/mol. The molecule has 7 atom stereocenters. The molecule has 1 aromatic heterocycles. The normalized spacial score (nSPS) is 42.9. The van der Waals surface area contributed by atoms with Crippen LogP contribution in [-0.4, -0.2) is 21.0 Å². The van der Waals surface area contributed by atoms with E-state index in [2.05, 4.69) is 49.6 Å². The van der Waals surface area contributed by atoms with Gasteiger partial charge in [0.25, 0.3) is 5.89 Å². The number of nitrogens with zero attached hydrogens (tertiary/aromatic N) is 3. The number of aliphatic hydroxyl groups excluding tert-OH is 1. The molecule has 3 fully saturated rings. The molecule has 5 aliphatic rings. The lowest BCUT2D eigenvalue weighted by Crippen LogP contribution is -2.65. The number of carbonyl (C=O) groups excluding carboxylic acids is 1. The summed E-state index contributed by atoms with van der Waals surface area (Å²) in [5.74, 6) is -0.280. The molecule has 0 spiro atoms. The summed E-state index contributed by atoms with van der Waals surface area (Å²) in [7, 11) is 0. The van der Waals surface area contributed by atoms with Gasteiger partial charge in [0.05, 0.1) is 6.57 Å². The summed E-state index contributed by atoms with van der Waals surface area (Å²) >= 11 is 0. The van der Waals surface area contributed by atoms with Crippen molar-refractivity contribution in [2.75, 3.05) is 0 Å². The van der Waals surface area contributed by atoms with Gasteiger partial charge in [-0.05, 0) is 90.9 Å². The molecule has 0 aromatic carbocycles. The Bertz CT molecular complexity index is 1420. The molecule has 6 rings (SSSR count). The second kappa shape index (κ2) is 8.51. The Hall–Kier alpha value is -2.56. The van der Waals surface area contributed by atoms with E-state index >= 15 is 0 Å². The first-order valence-corrected chi connectivity index (χ1v) is 15.2. The Labute approximate surface area is 241 Å². The molecule has 0 amide bonds. The molecule has 1 heterocycles. The molecule has 8 heteroatoms. The van der Waals surface area contributed by atoms with Crippen LogP contribution >= 0.6 is 0 Å². The van der Waals surface area contributed by atoms with Gasteiger partial charge in [-0.1, -0.05) is 59.2 Å². The number of hydrogen-bond donors (Lipinski definition) is 1. The van der Waals surface area contributed by atoms with Crippen LogP contribution in [0.25, 0.3) is 4.85 Å². The molecule has 0 saturated heterocycles. The topological polar surface area (TPSA) is 80.6 Å². The van der Waals surface area contributed by atoms with Crippen molar-refractivity contribution in [1.29, 1.82) is 0 Å². The quantitative estimate of drug-likeness (QED) is 0.362. The van der Waals surface area contributed by atoms with Gasteiger partial charge in [-0.3, -0.25) is 4.79 Å². The van der Waals surface area contributed by atoms with Crippen molar-refractivity contribution in [3.63, 3.8) is 0 Å². The Morgan fingerprint density at radius 3 is 2.39 bits per heavy atom. The molecule has 1 aromatic rings. The fraction of sp³-hybridized carbons (Fsp3) is 0.758. The first-order valence-electron chi connectivity index (χ1n) is 15.2. The molecule has 222 valence electrons. The number of halogens is 2. The minimum Gasteiger partial charge on any atom is -0.523 e. The fourth-order valence-corrected chi connectivity index (χ4v) is 10.8. The maximum absolute atomic E-state index is 14.6. The molecule has 0 radical (unpaired) electrons. The van der Waals surface area contributed by atoms with Gasteiger partial charge in [0.15, 0.2) is 11.6 Å². The highest BCUT2D eigenvalue weighted by atomic mass is 19.3. The van der Waals surface area contributed by atoms with E-state index < -0.39 is 28.6 Å². The van der Waals surface area contributed by atoms with E-state index in [0.717, 1.165) is 50.5 Å². The molecule has 41 heavy (non-hydrogen) atoms. The molecular weight excluding hydrogens is 524 g/mol. The molecule has 6 nitrogen and oxygen atoms in total. The van der Waals surface area contributed by atoms with Crippen LogP contribution in [0.15, 0.2) is 27.6 Å². The second-order valence-electron chi connectivity index (χ2n) is 15.9. The van der Waals surface area contributed by atoms with Crippen molar-refractivity contribution in [2.24, 2.45) is 44.8 Å². The number of aliphatic hydroxyl groups is 1. The first kappa shape index (κ1) is 28.6. The van der Waals surface area contributed by atoms with Crippen molar-refractivity contribution in [1.82, 2.24) is 10.1 Å². The average Bonchev–Trinajstić information content (AvgIpc) is 3.39. The van der Waals surface area contributed by atoms with Gasteiger partial charge < -0.3 is 9.63 Å². The number of hydrogen-bond acceptors (Lipinski definition) is 5. The molecule has 3 saturated carbocycles. The average molecular weight is 568 g/mol. The Balaban J connectivity index is 1.51. The number of fused-ring (bicyclic) bond motifs is 7. The van der Waals surface area contributed by atoms with Crippen molar-refractivity contribution >= 4 is 5.78 Å². The van der Waals surface area contributed by atoms with Crippen LogP contribution in [0.1, 0.15) is 118 Å². The summed E-state index contributed by atoms with van der Waals surface area (Å²) in [4.78, 5) is 22.6. The lowest BCUT2D eigenvalue weighted by Gasteiger charge is -2.69. The van der Waals surface area contributed by atoms with Gasteiger partial charge >= 0.3 is 6.43 Å². The minimum atomic E-state index is -2.83. The number of carbonyl (C=O) groups is 1. The molecule has 0 unspecified atom stereocenters. The largest absolute Gasteiger partial charge is 0.523 e. The van der Waals surface area contributed by atoms with E-state index in [0.29, 0.717) is 17.9 Å². The highest BCUT2D eigenvalue weighted by Gasteiger charge is 2.70. The van der Waals surface area contributed by atoms with E-state index in [1.165, 1.54) is 0 Å². The van der Waals surface area contributed by atoms with Crippen LogP contribution in [0, 0.1) is 51.4 Å². The molecule has 0 aliphatic heterocycles. The summed E-state index contributed by atoms with van der Waals surface area (Å²) in [6, 6.07) is 0. The van der Waals surface area contributed by atoms with Gasteiger partial charge in [0.2, 0.25) is 5.70 Å². The van der Waals surface area contributed by atoms with Gasteiger partial charge in [0.1, 0.15) is 5.76 Å². The number of aromatic nitrogens is 2. The fourth-order valence-electron chi connectivity index (χ4n) is 10.8. The minimum absolute atomic E-state index is 0.00321. The molecule has 5 aliphatic carbocycles. The highest BCUT2D eigenvalue weighted by Crippen LogP contribution is 2.75. The highest BCUT2D eigenvalue weighted by molar-refractivity contribution is 5.95. The maximum atomic E-state index is 14.6. The third-order valence-electron chi connectivity index (χ3n) is 13.2. The maximum Gasteiger partial charge on any atom is 0.315 e. The standard InChI is InChI=1S/C33H43F2N3O3/c1-28(2)11-13-33(27-37-26(25(34)35)41-38-27)14-12-32(7)23(18(33)16-28)20(39)15-22-30(5)17-19(36-8)24(40)29(3,4)21(30)9-10-31(22,32)6/h15,18,21,23,25,40H,9-14,16-17H2,1-7H3/t18-,21-,23-,30-,31+,32+,33-/m0/s1. The van der Waals surface area contributed by atoms with E-state index in [1.54, 1.807) is 0 Å². The second-order valence-corrected chi connectivity index (χ2v) is 15.9. The summed E-state index contributed by atoms with van der Waals surface area (Å²) in [6.07, 6.45) is 5.23. The Morgan fingerprint density at radius 1 is 1.07 bits per heavy atom. The predicted octanol–water partition coefficient (Wildman–Crippen LogP) is 8.54. The van der Waals surface area contributed by atoms with Gasteiger partial charge in [0, 0.05) is 16.7 Å². The summed E-state index contributed by atoms with van der Waals surface area (Å²) in [5.41, 5.74) is -0.671. The summed E-state index contributed by atoms with van der Waals surface area (Å²) < 4.78 is 32.1. The smallest absolute Gasteiger partial charge is 0.315 e. The SMILES string of the molecule is [C-]#[N+]C1=C(O)C(C)(C)[C@@H]2CC[C@]3(C)C(=CC(=O)[C@@H]4[C@@H]5CC(C)(C)CC[C@]5(c5noc(C(F)F)n5)CC[C@]43C)[C@@]2(C)C1. The van der Waals surface area contributed by atoms with E-state index in [4.69, 9.17) is 11.1 Å². The lowest BCUT2D eigenvalue weighted by molar-refractivity contribution is -0.161. The van der Waals surface area contributed by atoms with E-state index in [9.17, 15) is 18.7 Å². The molecule has 0 bridgehead atoms. The van der Waals surface area contributed by atoms with Gasteiger partial charge in [-0.25, -0.2) is 4.85 Å². The van der Waals surface area contributed by atoms with Crippen LogP contribution in [0.4, 0.5) is 8.78 Å². The van der Waals surface area contributed by atoms with Crippen LogP contribution in [0.2, 0.25) is 0 Å². The van der Waals surface area contributed by atoms with Crippen molar-refractivity contribution in [3.8, 4) is 0 Å². The zero-order valence-electron chi connectivity index (χ0n) is 25.4. The van der Waals surface area contributed by atoms with Crippen molar-refractivity contribution < 1.29 is 23.2 Å². The number of rotatable bonds is 2. The zero-order valence-corrected chi connectivity index (χ0v) is 25.4. The number of allylic oxidation sites excluding steroid dienone is 4. The Morgan fingerprint density at radius 2 is 1.76 bits per heavy atom. The van der Waals surface area contributed by atoms with Crippen LogP contribution in [0.3, 0.4) is 0 Å². The number of alkyl halides is 2. The van der Waals surface area contributed by atoms with Crippen LogP contribution < -0.4 is 0 Å². The third kappa shape index (κ3) is 3.53. The van der Waals surface area contributed by atoms with E-state index in [-0.39, 0.29) is 45.5 Å². The van der Waals surface area contributed by atoms with Crippen molar-refractivity contribution in [3.05, 3.63) is 46.2 Å². The summed E-state index contributed by atoms with van der Waals surface area (Å²) in [5, 5.41) is 15.2.